The third-order valence-corrected chi connectivity index (χ3v) is 3.51. The molecule has 1 amide bonds. The molecule has 0 aliphatic carbocycles. The van der Waals surface area contributed by atoms with Gasteiger partial charge in [0.25, 0.3) is 0 Å². The van der Waals surface area contributed by atoms with Crippen molar-refractivity contribution < 1.29 is 19.1 Å². The minimum atomic E-state index is -0.581. The van der Waals surface area contributed by atoms with E-state index < -0.39 is 11.7 Å². The van der Waals surface area contributed by atoms with E-state index in [1.54, 1.807) is 13.8 Å². The monoisotopic (exact) mass is 350 g/mol. The molecule has 0 aromatic heterocycles. The SMILES string of the molecule is CCOC(=O)C(C)C[C@H](Cc1ccc(N)cc1)NC(=O)OC(C)(C)C. The molecule has 1 aromatic rings. The molecule has 0 bridgehead atoms. The molecule has 0 spiro atoms. The number of rotatable bonds is 7. The van der Waals surface area contributed by atoms with Gasteiger partial charge in [0.2, 0.25) is 0 Å². The molecule has 0 fully saturated rings. The summed E-state index contributed by atoms with van der Waals surface area (Å²) in [4.78, 5) is 24.0. The van der Waals surface area contributed by atoms with Gasteiger partial charge in [0.05, 0.1) is 12.5 Å². The molecule has 6 nitrogen and oxygen atoms in total. The van der Waals surface area contributed by atoms with Crippen molar-refractivity contribution in [2.45, 2.75) is 59.1 Å². The Hall–Kier alpha value is -2.24. The average molecular weight is 350 g/mol. The number of hydrogen-bond acceptors (Lipinski definition) is 5. The fourth-order valence-corrected chi connectivity index (χ4v) is 2.41. The van der Waals surface area contributed by atoms with Crippen molar-refractivity contribution in [3.63, 3.8) is 0 Å². The molecule has 140 valence electrons. The van der Waals surface area contributed by atoms with Gasteiger partial charge < -0.3 is 20.5 Å². The van der Waals surface area contributed by atoms with Crippen LogP contribution in [-0.4, -0.2) is 30.3 Å². The van der Waals surface area contributed by atoms with Crippen LogP contribution in [0.5, 0.6) is 0 Å². The van der Waals surface area contributed by atoms with Crippen LogP contribution in [0.1, 0.15) is 46.6 Å². The summed E-state index contributed by atoms with van der Waals surface area (Å²) in [6.45, 7) is 9.33. The van der Waals surface area contributed by atoms with Crippen LogP contribution in [0.15, 0.2) is 24.3 Å². The van der Waals surface area contributed by atoms with Crippen LogP contribution in [0.2, 0.25) is 0 Å². The Bertz CT molecular complexity index is 564. The topological polar surface area (TPSA) is 90.6 Å². The molecule has 1 aromatic carbocycles. The Labute approximate surface area is 150 Å². The lowest BCUT2D eigenvalue weighted by Crippen LogP contribution is -2.41. The van der Waals surface area contributed by atoms with Crippen LogP contribution in [-0.2, 0) is 20.7 Å². The van der Waals surface area contributed by atoms with Crippen molar-refractivity contribution in [1.82, 2.24) is 5.32 Å². The molecule has 2 atom stereocenters. The third kappa shape index (κ3) is 8.42. The molecule has 6 heteroatoms. The van der Waals surface area contributed by atoms with Gasteiger partial charge in [-0.3, -0.25) is 4.79 Å². The van der Waals surface area contributed by atoms with Crippen molar-refractivity contribution >= 4 is 17.7 Å². The molecule has 0 radical (unpaired) electrons. The average Bonchev–Trinajstić information content (AvgIpc) is 2.47. The summed E-state index contributed by atoms with van der Waals surface area (Å²) in [5.41, 5.74) is 6.83. The number of ether oxygens (including phenoxy) is 2. The van der Waals surface area contributed by atoms with Crippen LogP contribution in [0.4, 0.5) is 10.5 Å². The van der Waals surface area contributed by atoms with Crippen LogP contribution < -0.4 is 11.1 Å². The van der Waals surface area contributed by atoms with Crippen molar-refractivity contribution in [3.8, 4) is 0 Å². The highest BCUT2D eigenvalue weighted by Crippen LogP contribution is 2.16. The summed E-state index contributed by atoms with van der Waals surface area (Å²) >= 11 is 0. The predicted molar refractivity (Wildman–Crippen MR) is 98.1 cm³/mol. The lowest BCUT2D eigenvalue weighted by molar-refractivity contribution is -0.147. The highest BCUT2D eigenvalue weighted by atomic mass is 16.6. The minimum absolute atomic E-state index is 0.252. The number of alkyl carbamates (subject to hydrolysis) is 1. The Morgan fingerprint density at radius 1 is 1.20 bits per heavy atom. The standard InChI is InChI=1S/C19H30N2O4/c1-6-24-17(22)13(2)11-16(21-18(23)25-19(3,4)5)12-14-7-9-15(20)10-8-14/h7-10,13,16H,6,11-12,20H2,1-5H3,(H,21,23)/t13?,16-/m1/s1. The lowest BCUT2D eigenvalue weighted by Gasteiger charge is -2.25. The number of nitrogens with two attached hydrogens (primary N) is 1. The van der Waals surface area contributed by atoms with Gasteiger partial charge in [-0.05, 0) is 58.2 Å². The normalized spacial score (nSPS) is 13.6. The molecule has 0 saturated carbocycles. The summed E-state index contributed by atoms with van der Waals surface area (Å²) < 4.78 is 10.4. The van der Waals surface area contributed by atoms with E-state index in [0.717, 1.165) is 5.56 Å². The molecular weight excluding hydrogens is 320 g/mol. The number of nitrogens with one attached hydrogen (secondary N) is 1. The first-order valence-electron chi connectivity index (χ1n) is 8.61. The Morgan fingerprint density at radius 2 is 1.80 bits per heavy atom. The molecule has 3 N–H and O–H groups in total. The van der Waals surface area contributed by atoms with Crippen LogP contribution in [0.3, 0.4) is 0 Å². The molecule has 1 rings (SSSR count). The second-order valence-electron chi connectivity index (χ2n) is 7.18. The van der Waals surface area contributed by atoms with E-state index in [1.807, 2.05) is 45.0 Å². The first-order valence-corrected chi connectivity index (χ1v) is 8.61. The fourth-order valence-electron chi connectivity index (χ4n) is 2.41. The van der Waals surface area contributed by atoms with Crippen LogP contribution in [0.25, 0.3) is 0 Å². The maximum absolute atomic E-state index is 12.1. The van der Waals surface area contributed by atoms with Gasteiger partial charge >= 0.3 is 12.1 Å². The smallest absolute Gasteiger partial charge is 0.407 e. The maximum Gasteiger partial charge on any atom is 0.407 e. The molecule has 0 saturated heterocycles. The number of hydrogen-bond donors (Lipinski definition) is 2. The second kappa shape index (κ2) is 9.30. The summed E-state index contributed by atoms with van der Waals surface area (Å²) in [5, 5.41) is 2.86. The van der Waals surface area contributed by atoms with E-state index >= 15 is 0 Å². The maximum atomic E-state index is 12.1. The van der Waals surface area contributed by atoms with Gasteiger partial charge in [-0.15, -0.1) is 0 Å². The summed E-state index contributed by atoms with van der Waals surface area (Å²) in [5.74, 6) is -0.593. The molecule has 0 heterocycles. The number of esters is 1. The zero-order valence-corrected chi connectivity index (χ0v) is 15.8. The lowest BCUT2D eigenvalue weighted by atomic mass is 9.96. The zero-order chi connectivity index (χ0) is 19.0. The van der Waals surface area contributed by atoms with E-state index in [-0.39, 0.29) is 17.9 Å². The van der Waals surface area contributed by atoms with Crippen LogP contribution >= 0.6 is 0 Å². The van der Waals surface area contributed by atoms with E-state index in [2.05, 4.69) is 5.32 Å². The molecule has 0 aliphatic rings. The van der Waals surface area contributed by atoms with Crippen LogP contribution in [0, 0.1) is 5.92 Å². The largest absolute Gasteiger partial charge is 0.466 e. The van der Waals surface area contributed by atoms with Gasteiger partial charge in [0, 0.05) is 11.7 Å². The molecular formula is C19H30N2O4. The number of nitrogen functional groups attached to an aromatic ring is 1. The highest BCUT2D eigenvalue weighted by molar-refractivity contribution is 5.72. The minimum Gasteiger partial charge on any atom is -0.466 e. The third-order valence-electron chi connectivity index (χ3n) is 3.51. The molecule has 0 aliphatic heterocycles. The Kier molecular flexibility index (Phi) is 7.74. The number of benzene rings is 1. The Balaban J connectivity index is 2.79. The van der Waals surface area contributed by atoms with Crippen molar-refractivity contribution in [2.75, 3.05) is 12.3 Å². The predicted octanol–water partition coefficient (Wildman–Crippen LogP) is 3.29. The highest BCUT2D eigenvalue weighted by Gasteiger charge is 2.24. The van der Waals surface area contributed by atoms with E-state index in [0.29, 0.717) is 25.1 Å². The van der Waals surface area contributed by atoms with Gasteiger partial charge in [-0.2, -0.15) is 0 Å². The molecule has 25 heavy (non-hydrogen) atoms. The summed E-state index contributed by atoms with van der Waals surface area (Å²) in [6, 6.07) is 7.20. The second-order valence-corrected chi connectivity index (χ2v) is 7.18. The number of amides is 1. The summed E-state index contributed by atoms with van der Waals surface area (Å²) in [7, 11) is 0. The zero-order valence-electron chi connectivity index (χ0n) is 15.8. The number of carbonyl (C=O) groups is 2. The Morgan fingerprint density at radius 3 is 2.32 bits per heavy atom. The first kappa shape index (κ1) is 20.8. The fraction of sp³-hybridized carbons (Fsp3) is 0.579. The van der Waals surface area contributed by atoms with Crippen molar-refractivity contribution in [2.24, 2.45) is 5.92 Å². The first-order chi connectivity index (χ1) is 11.6. The van der Waals surface area contributed by atoms with E-state index in [9.17, 15) is 9.59 Å². The number of carbonyl (C=O) groups excluding carboxylic acids is 2. The van der Waals surface area contributed by atoms with E-state index in [4.69, 9.17) is 15.2 Å². The number of anilines is 1. The van der Waals surface area contributed by atoms with Gasteiger partial charge in [-0.25, -0.2) is 4.79 Å². The van der Waals surface area contributed by atoms with Crippen molar-refractivity contribution in [1.29, 1.82) is 0 Å². The van der Waals surface area contributed by atoms with E-state index in [1.165, 1.54) is 0 Å². The quantitative estimate of drug-likeness (QED) is 0.582. The van der Waals surface area contributed by atoms with Gasteiger partial charge in [0.15, 0.2) is 0 Å². The van der Waals surface area contributed by atoms with Gasteiger partial charge in [-0.1, -0.05) is 19.1 Å². The summed E-state index contributed by atoms with van der Waals surface area (Å²) in [6.07, 6.45) is 0.537. The molecule has 1 unspecified atom stereocenters. The van der Waals surface area contributed by atoms with Gasteiger partial charge in [0.1, 0.15) is 5.60 Å². The van der Waals surface area contributed by atoms with Crippen molar-refractivity contribution in [3.05, 3.63) is 29.8 Å².